The van der Waals surface area contributed by atoms with Gasteiger partial charge < -0.3 is 16.9 Å². The van der Waals surface area contributed by atoms with Crippen molar-refractivity contribution >= 4 is 14.7 Å². The van der Waals surface area contributed by atoms with Crippen molar-refractivity contribution in [2.75, 3.05) is 0 Å². The second-order valence-electron chi connectivity index (χ2n) is 1.80. The fourth-order valence-corrected chi connectivity index (χ4v) is 0.342. The van der Waals surface area contributed by atoms with E-state index in [4.69, 9.17) is 14.6 Å². The number of hydrogen-bond donors (Lipinski definition) is 2. The Hall–Kier alpha value is -0.627. The molecule has 0 aliphatic heterocycles. The normalized spacial score (nSPS) is 7.07. The molecule has 0 saturated carbocycles. The van der Waals surface area contributed by atoms with Crippen LogP contribution in [0.2, 0.25) is 0 Å². The Morgan fingerprint density at radius 1 is 1.33 bits per heavy atom. The average Bonchev–Trinajstić information content (AvgIpc) is 2.22. The molecule has 0 radical (unpaired) electrons. The monoisotopic (exact) mass is 278 g/mol. The Morgan fingerprint density at radius 3 is 1.73 bits per heavy atom. The van der Waals surface area contributed by atoms with Crippen LogP contribution in [0.1, 0.15) is 6.42 Å². The maximum absolute atomic E-state index is 9.31. The molecule has 0 aliphatic carbocycles. The summed E-state index contributed by atoms with van der Waals surface area (Å²) >= 11 is 0. The summed E-state index contributed by atoms with van der Waals surface area (Å²) in [7, 11) is -0.833. The molecule has 78 valence electrons. The van der Waals surface area contributed by atoms with Gasteiger partial charge in [-0.25, -0.2) is 4.57 Å². The molecule has 0 amide bonds. The maximum Gasteiger partial charge on any atom is 2.00 e. The van der Waals surface area contributed by atoms with E-state index in [-0.39, 0.29) is 25.9 Å². The quantitative estimate of drug-likeness (QED) is 0.468. The molecule has 0 atom stereocenters. The summed E-state index contributed by atoms with van der Waals surface area (Å²) < 4.78 is 8.46. The molecule has 2 N–H and O–H groups in total. The van der Waals surface area contributed by atoms with Gasteiger partial charge in [0.25, 0.3) is 5.97 Å². The molecule has 6 heteroatoms. The van der Waals surface area contributed by atoms with E-state index in [0.29, 0.717) is 0 Å². The number of aliphatic carboxylic acids is 1. The zero-order valence-electron chi connectivity index (χ0n) is 8.17. The van der Waals surface area contributed by atoms with Crippen molar-refractivity contribution in [2.45, 2.75) is 6.42 Å². The molecule has 0 spiro atoms. The minimum Gasteiger partial charge on any atom is -0.483 e. The van der Waals surface area contributed by atoms with E-state index in [9.17, 15) is 4.79 Å². The maximum atomic E-state index is 9.31. The van der Waals surface area contributed by atoms with E-state index in [1.54, 1.807) is 0 Å². The van der Waals surface area contributed by atoms with E-state index in [2.05, 4.69) is 13.0 Å². The predicted octanol–water partition coefficient (Wildman–Crippen LogP) is 1.96. The van der Waals surface area contributed by atoms with Crippen molar-refractivity contribution in [3.05, 3.63) is 43.3 Å². The van der Waals surface area contributed by atoms with Crippen molar-refractivity contribution < 1.29 is 38.8 Å². The Kier molecular flexibility index (Phi) is 25.2. The molecule has 4 nitrogen and oxygen atoms in total. The van der Waals surface area contributed by atoms with Gasteiger partial charge in [0.1, 0.15) is 0 Å². The minimum atomic E-state index is -0.856. The fourth-order valence-electron chi connectivity index (χ4n) is 0.342. The summed E-state index contributed by atoms with van der Waals surface area (Å²) in [5, 5.41) is 7.66. The van der Waals surface area contributed by atoms with Crippen molar-refractivity contribution in [1.82, 2.24) is 0 Å². The van der Waals surface area contributed by atoms with Crippen LogP contribution in [-0.2, 0) is 28.8 Å². The molecular formula is C9H11O4PZn. The van der Waals surface area contributed by atoms with Crippen LogP contribution in [0.25, 0.3) is 0 Å². The fraction of sp³-hybridized carbons (Fsp3) is 0.111. The van der Waals surface area contributed by atoms with E-state index in [1.807, 2.05) is 30.3 Å². The van der Waals surface area contributed by atoms with Crippen LogP contribution in [0, 0.1) is 13.0 Å². The molecule has 0 fully saturated rings. The van der Waals surface area contributed by atoms with E-state index in [1.165, 1.54) is 0 Å². The van der Waals surface area contributed by atoms with E-state index >= 15 is 0 Å². The Morgan fingerprint density at radius 2 is 1.67 bits per heavy atom. The second-order valence-corrected chi connectivity index (χ2v) is 1.97. The third-order valence-corrected chi connectivity index (χ3v) is 0.821. The van der Waals surface area contributed by atoms with Crippen molar-refractivity contribution in [3.63, 3.8) is 0 Å². The zero-order valence-corrected chi connectivity index (χ0v) is 12.0. The molecule has 1 aromatic rings. The van der Waals surface area contributed by atoms with Gasteiger partial charge in [-0.05, 0) is 0 Å². The van der Waals surface area contributed by atoms with Gasteiger partial charge in [-0.1, -0.05) is 6.42 Å². The van der Waals surface area contributed by atoms with Gasteiger partial charge in [0.15, 0.2) is 0 Å². The summed E-state index contributed by atoms with van der Waals surface area (Å²) in [6, 6.07) is 12.5. The standard InChI is InChI=1S/C6H5.C3H5O2.HO2P.Zn/c1-2-4-6-5-3-1;1-2-3(4)5;1-3-2;/h1-5H;1-2H2,(H,4,5);(H,1,2);/q2*-1;;+2. The largest absolute Gasteiger partial charge is 2.00 e. The van der Waals surface area contributed by atoms with Gasteiger partial charge in [-0.3, -0.25) is 4.79 Å². The third kappa shape index (κ3) is 31.8. The van der Waals surface area contributed by atoms with Crippen LogP contribution in [0.3, 0.4) is 0 Å². The zero-order chi connectivity index (χ0) is 11.2. The molecule has 0 saturated heterocycles. The van der Waals surface area contributed by atoms with Crippen LogP contribution >= 0.6 is 8.69 Å². The molecule has 0 bridgehead atoms. The number of hydrogen-bond acceptors (Lipinski definition) is 2. The van der Waals surface area contributed by atoms with E-state index in [0.717, 1.165) is 0 Å². The summed E-state index contributed by atoms with van der Waals surface area (Å²) in [5.74, 6) is -0.856. The van der Waals surface area contributed by atoms with Crippen LogP contribution in [0.5, 0.6) is 0 Å². The van der Waals surface area contributed by atoms with Crippen LogP contribution in [-0.4, -0.2) is 16.0 Å². The average molecular weight is 280 g/mol. The number of carbonyl (C=O) groups is 1. The first kappa shape index (κ1) is 19.9. The van der Waals surface area contributed by atoms with E-state index < -0.39 is 14.7 Å². The SMILES string of the molecule is O=PO.[CH2-]CC(=O)O.[Zn+2].[c-]1ccccc1. The summed E-state index contributed by atoms with van der Waals surface area (Å²) in [5.41, 5.74) is 0. The molecular weight excluding hydrogens is 268 g/mol. The van der Waals surface area contributed by atoms with Crippen LogP contribution < -0.4 is 0 Å². The smallest absolute Gasteiger partial charge is 0.483 e. The molecule has 15 heavy (non-hydrogen) atoms. The first-order chi connectivity index (χ1) is 6.68. The number of carboxylic acid groups (broad SMARTS) is 1. The molecule has 0 heterocycles. The van der Waals surface area contributed by atoms with Gasteiger partial charge in [0.05, 0.1) is 0 Å². The van der Waals surface area contributed by atoms with Gasteiger partial charge in [0.2, 0.25) is 0 Å². The number of carboxylic acids is 1. The Labute approximate surface area is 103 Å². The second kappa shape index (κ2) is 19.0. The first-order valence-electron chi connectivity index (χ1n) is 3.57. The third-order valence-electron chi connectivity index (χ3n) is 0.821. The Bertz CT molecular complexity index is 204. The molecule has 0 aliphatic rings. The summed E-state index contributed by atoms with van der Waals surface area (Å²) in [6.07, 6.45) is -0.0278. The van der Waals surface area contributed by atoms with Crippen molar-refractivity contribution in [1.29, 1.82) is 0 Å². The predicted molar refractivity (Wildman–Crippen MR) is 52.7 cm³/mol. The van der Waals surface area contributed by atoms with Crippen LogP contribution in [0.4, 0.5) is 0 Å². The number of benzene rings is 1. The van der Waals surface area contributed by atoms with Crippen LogP contribution in [0.15, 0.2) is 30.3 Å². The molecule has 1 aromatic carbocycles. The Balaban J connectivity index is -0.000000148. The van der Waals surface area contributed by atoms with Gasteiger partial charge >= 0.3 is 28.2 Å². The minimum absolute atomic E-state index is 0. The molecule has 1 rings (SSSR count). The van der Waals surface area contributed by atoms with Gasteiger partial charge in [-0.15, -0.1) is 0 Å². The van der Waals surface area contributed by atoms with Gasteiger partial charge in [-0.2, -0.15) is 36.4 Å². The molecule has 0 unspecified atom stereocenters. The number of rotatable bonds is 1. The summed E-state index contributed by atoms with van der Waals surface area (Å²) in [6.45, 7) is 3.09. The van der Waals surface area contributed by atoms with Crippen molar-refractivity contribution in [2.24, 2.45) is 0 Å². The molecule has 0 aromatic heterocycles. The topological polar surface area (TPSA) is 74.6 Å². The van der Waals surface area contributed by atoms with Gasteiger partial charge in [0, 0.05) is 0 Å². The van der Waals surface area contributed by atoms with Crippen molar-refractivity contribution in [3.8, 4) is 0 Å². The first-order valence-corrected chi connectivity index (χ1v) is 4.34. The summed E-state index contributed by atoms with van der Waals surface area (Å²) in [4.78, 5) is 16.3.